The van der Waals surface area contributed by atoms with Crippen LogP contribution in [-0.4, -0.2) is 20.1 Å². The van der Waals surface area contributed by atoms with E-state index in [4.69, 9.17) is 0 Å². The molecule has 0 aliphatic heterocycles. The van der Waals surface area contributed by atoms with E-state index in [2.05, 4.69) is 46.8 Å². The smallest absolute Gasteiger partial charge is 0.138 e. The van der Waals surface area contributed by atoms with E-state index in [0.29, 0.717) is 12.0 Å². The maximum absolute atomic E-state index is 4.34. The van der Waals surface area contributed by atoms with Gasteiger partial charge in [0.05, 0.1) is 0 Å². The summed E-state index contributed by atoms with van der Waals surface area (Å²) in [5, 5.41) is 5.30. The fourth-order valence-electron chi connectivity index (χ4n) is 1.75. The third kappa shape index (κ3) is 3.59. The molecule has 0 aliphatic rings. The van der Waals surface area contributed by atoms with Crippen LogP contribution in [0.15, 0.2) is 6.33 Å². The van der Waals surface area contributed by atoms with Crippen LogP contribution in [0.3, 0.4) is 0 Å². The molecule has 1 rings (SSSR count). The highest BCUT2D eigenvalue weighted by molar-refractivity contribution is 9.09. The summed E-state index contributed by atoms with van der Waals surface area (Å²) < 4.78 is 2.02. The minimum atomic E-state index is 0.403. The van der Waals surface area contributed by atoms with Gasteiger partial charge in [0.15, 0.2) is 0 Å². The number of alkyl halides is 1. The fourth-order valence-corrected chi connectivity index (χ4v) is 2.30. The van der Waals surface area contributed by atoms with E-state index < -0.39 is 0 Å². The second-order valence-corrected chi connectivity index (χ2v) is 4.88. The molecule has 0 amide bonds. The van der Waals surface area contributed by atoms with Gasteiger partial charge in [-0.25, -0.2) is 9.67 Å². The minimum Gasteiger partial charge on any atom is -0.248 e. The molecule has 0 fully saturated rings. The molecular formula is C11H20BrN3. The van der Waals surface area contributed by atoms with Crippen molar-refractivity contribution in [2.24, 2.45) is 5.92 Å². The van der Waals surface area contributed by atoms with Crippen LogP contribution >= 0.6 is 15.9 Å². The highest BCUT2D eigenvalue weighted by Crippen LogP contribution is 2.16. The van der Waals surface area contributed by atoms with E-state index >= 15 is 0 Å². The lowest BCUT2D eigenvalue weighted by Crippen LogP contribution is -2.14. The Hall–Kier alpha value is -0.380. The van der Waals surface area contributed by atoms with E-state index in [1.165, 1.54) is 12.8 Å². The van der Waals surface area contributed by atoms with E-state index in [-0.39, 0.29) is 0 Å². The maximum Gasteiger partial charge on any atom is 0.138 e. The first-order valence-corrected chi connectivity index (χ1v) is 6.75. The van der Waals surface area contributed by atoms with Crippen LogP contribution in [0, 0.1) is 5.92 Å². The van der Waals surface area contributed by atoms with Gasteiger partial charge in [0.25, 0.3) is 0 Å². The Kier molecular flexibility index (Phi) is 5.29. The second-order valence-electron chi connectivity index (χ2n) is 4.23. The zero-order chi connectivity index (χ0) is 11.3. The second kappa shape index (κ2) is 6.26. The molecule has 1 heterocycles. The van der Waals surface area contributed by atoms with Crippen LogP contribution in [0.4, 0.5) is 0 Å². The summed E-state index contributed by atoms with van der Waals surface area (Å²) in [6.45, 7) is 6.51. The average Bonchev–Trinajstić information content (AvgIpc) is 2.65. The molecule has 15 heavy (non-hydrogen) atoms. The van der Waals surface area contributed by atoms with E-state index in [0.717, 1.165) is 17.6 Å². The Bertz CT molecular complexity index is 283. The first-order valence-electron chi connectivity index (χ1n) is 5.63. The Balaban J connectivity index is 2.65. The van der Waals surface area contributed by atoms with Crippen LogP contribution in [0.2, 0.25) is 0 Å². The molecule has 0 aliphatic carbocycles. The van der Waals surface area contributed by atoms with Gasteiger partial charge in [-0.05, 0) is 26.2 Å². The van der Waals surface area contributed by atoms with Gasteiger partial charge in [0, 0.05) is 17.8 Å². The molecule has 0 radical (unpaired) electrons. The topological polar surface area (TPSA) is 30.7 Å². The lowest BCUT2D eigenvalue weighted by Gasteiger charge is -2.14. The molecule has 1 aromatic rings. The summed E-state index contributed by atoms with van der Waals surface area (Å²) in [5.74, 6) is 1.79. The Labute approximate surface area is 100 Å². The first-order chi connectivity index (χ1) is 7.19. The van der Waals surface area contributed by atoms with Crippen LogP contribution in [0.5, 0.6) is 0 Å². The van der Waals surface area contributed by atoms with Crippen molar-refractivity contribution >= 4 is 15.9 Å². The molecule has 0 spiro atoms. The summed E-state index contributed by atoms with van der Waals surface area (Å²) in [6.07, 6.45) is 5.16. The molecule has 86 valence electrons. The van der Waals surface area contributed by atoms with Crippen LogP contribution in [0.25, 0.3) is 0 Å². The lowest BCUT2D eigenvalue weighted by atomic mass is 10.0. The SMILES string of the molecule is CCCC(CBr)Cc1ncnn1C(C)C. The number of nitrogens with zero attached hydrogens (tertiary/aromatic N) is 3. The monoisotopic (exact) mass is 273 g/mol. The van der Waals surface area contributed by atoms with E-state index in [1.807, 2.05) is 4.68 Å². The van der Waals surface area contributed by atoms with Gasteiger partial charge >= 0.3 is 0 Å². The van der Waals surface area contributed by atoms with Crippen molar-refractivity contribution in [3.63, 3.8) is 0 Å². The average molecular weight is 274 g/mol. The maximum atomic E-state index is 4.34. The van der Waals surface area contributed by atoms with Crippen molar-refractivity contribution in [2.45, 2.75) is 46.1 Å². The zero-order valence-electron chi connectivity index (χ0n) is 9.78. The summed E-state index contributed by atoms with van der Waals surface area (Å²) in [6, 6.07) is 0.403. The highest BCUT2D eigenvalue weighted by Gasteiger charge is 2.13. The van der Waals surface area contributed by atoms with Crippen LogP contribution < -0.4 is 0 Å². The van der Waals surface area contributed by atoms with Crippen molar-refractivity contribution in [1.82, 2.24) is 14.8 Å². The normalized spacial score (nSPS) is 13.4. The molecule has 0 saturated carbocycles. The first kappa shape index (κ1) is 12.7. The molecule has 1 unspecified atom stereocenters. The standard InChI is InChI=1S/C11H20BrN3/c1-4-5-10(7-12)6-11-13-8-14-15(11)9(2)3/h8-10H,4-7H2,1-3H3. The summed E-state index contributed by atoms with van der Waals surface area (Å²) >= 11 is 3.57. The summed E-state index contributed by atoms with van der Waals surface area (Å²) in [5.41, 5.74) is 0. The third-order valence-electron chi connectivity index (χ3n) is 2.52. The van der Waals surface area contributed by atoms with Crippen molar-refractivity contribution in [3.05, 3.63) is 12.2 Å². The van der Waals surface area contributed by atoms with Gasteiger partial charge in [0.2, 0.25) is 0 Å². The molecule has 4 heteroatoms. The Morgan fingerprint density at radius 3 is 2.73 bits per heavy atom. The summed E-state index contributed by atoms with van der Waals surface area (Å²) in [7, 11) is 0. The molecule has 0 saturated heterocycles. The number of rotatable bonds is 6. The number of hydrogen-bond acceptors (Lipinski definition) is 2. The lowest BCUT2D eigenvalue weighted by molar-refractivity contribution is 0.459. The van der Waals surface area contributed by atoms with Crippen LogP contribution in [-0.2, 0) is 6.42 Å². The third-order valence-corrected chi connectivity index (χ3v) is 3.44. The molecule has 0 bridgehead atoms. The summed E-state index contributed by atoms with van der Waals surface area (Å²) in [4.78, 5) is 4.34. The van der Waals surface area contributed by atoms with Crippen molar-refractivity contribution in [1.29, 1.82) is 0 Å². The van der Waals surface area contributed by atoms with E-state index in [9.17, 15) is 0 Å². The molecule has 1 aromatic heterocycles. The number of halogens is 1. The molecule has 0 aromatic carbocycles. The van der Waals surface area contributed by atoms with Crippen molar-refractivity contribution < 1.29 is 0 Å². The predicted molar refractivity (Wildman–Crippen MR) is 66.3 cm³/mol. The Morgan fingerprint density at radius 1 is 1.47 bits per heavy atom. The highest BCUT2D eigenvalue weighted by atomic mass is 79.9. The van der Waals surface area contributed by atoms with Gasteiger partial charge in [-0.1, -0.05) is 29.3 Å². The van der Waals surface area contributed by atoms with Gasteiger partial charge in [-0.3, -0.25) is 0 Å². The van der Waals surface area contributed by atoms with Gasteiger partial charge in [-0.2, -0.15) is 5.10 Å². The predicted octanol–water partition coefficient (Wildman–Crippen LogP) is 3.21. The molecule has 3 nitrogen and oxygen atoms in total. The van der Waals surface area contributed by atoms with Gasteiger partial charge in [-0.15, -0.1) is 0 Å². The number of hydrogen-bond donors (Lipinski definition) is 0. The van der Waals surface area contributed by atoms with Crippen LogP contribution in [0.1, 0.15) is 45.5 Å². The van der Waals surface area contributed by atoms with E-state index in [1.54, 1.807) is 6.33 Å². The van der Waals surface area contributed by atoms with Gasteiger partial charge in [0.1, 0.15) is 12.2 Å². The fraction of sp³-hybridized carbons (Fsp3) is 0.818. The van der Waals surface area contributed by atoms with Crippen molar-refractivity contribution in [3.8, 4) is 0 Å². The van der Waals surface area contributed by atoms with Gasteiger partial charge < -0.3 is 0 Å². The Morgan fingerprint density at radius 2 is 2.20 bits per heavy atom. The largest absolute Gasteiger partial charge is 0.248 e. The number of aromatic nitrogens is 3. The quantitative estimate of drug-likeness (QED) is 0.746. The van der Waals surface area contributed by atoms with Crippen molar-refractivity contribution in [2.75, 3.05) is 5.33 Å². The zero-order valence-corrected chi connectivity index (χ0v) is 11.4. The molecule has 0 N–H and O–H groups in total. The minimum absolute atomic E-state index is 0.403. The molecular weight excluding hydrogens is 254 g/mol. The molecule has 1 atom stereocenters.